The highest BCUT2D eigenvalue weighted by molar-refractivity contribution is 7.91. The van der Waals surface area contributed by atoms with Gasteiger partial charge in [0, 0.05) is 5.54 Å². The van der Waals surface area contributed by atoms with Gasteiger partial charge in [0.1, 0.15) is 11.3 Å². The van der Waals surface area contributed by atoms with Gasteiger partial charge in [0.25, 0.3) is 0 Å². The van der Waals surface area contributed by atoms with Gasteiger partial charge < -0.3 is 9.84 Å². The Labute approximate surface area is 116 Å². The predicted octanol–water partition coefficient (Wildman–Crippen LogP) is 2.31. The third kappa shape index (κ3) is 3.71. The summed E-state index contributed by atoms with van der Waals surface area (Å²) in [5, 5.41) is 9.01. The Bertz CT molecular complexity index is 619. The van der Waals surface area contributed by atoms with Crippen LogP contribution < -0.4 is 4.74 Å². The van der Waals surface area contributed by atoms with Crippen molar-refractivity contribution in [1.82, 2.24) is 0 Å². The molecule has 5 nitrogen and oxygen atoms in total. The molecule has 0 unspecified atom stereocenters. The van der Waals surface area contributed by atoms with Gasteiger partial charge in [0.2, 0.25) is 0 Å². The fraction of sp³-hybridized carbons (Fsp3) is 0.250. The van der Waals surface area contributed by atoms with Gasteiger partial charge in [-0.15, -0.1) is 0 Å². The van der Waals surface area contributed by atoms with Crippen LogP contribution in [0.25, 0.3) is 0 Å². The lowest BCUT2D eigenvalue weighted by Gasteiger charge is -2.08. The van der Waals surface area contributed by atoms with E-state index in [0.717, 1.165) is 6.07 Å². The summed E-state index contributed by atoms with van der Waals surface area (Å²) in [5.74, 6) is -1.41. The van der Waals surface area contributed by atoms with E-state index in [4.69, 9.17) is 21.4 Å². The molecule has 104 valence electrons. The van der Waals surface area contributed by atoms with E-state index in [2.05, 4.69) is 0 Å². The maximum atomic E-state index is 12.0. The zero-order valence-electron chi connectivity index (χ0n) is 10.4. The Hall–Kier alpha value is -1.53. The second-order valence-corrected chi connectivity index (χ2v) is 6.09. The van der Waals surface area contributed by atoms with Crippen LogP contribution >= 0.6 is 11.6 Å². The highest BCUT2D eigenvalue weighted by atomic mass is 35.5. The maximum Gasteiger partial charge on any atom is 0.339 e. The highest BCUT2D eigenvalue weighted by Crippen LogP contribution is 2.24. The largest absolute Gasteiger partial charge is 0.496 e. The molecule has 0 amide bonds. The smallest absolute Gasteiger partial charge is 0.339 e. The minimum Gasteiger partial charge on any atom is -0.496 e. The van der Waals surface area contributed by atoms with Gasteiger partial charge in [-0.25, -0.2) is 13.2 Å². The van der Waals surface area contributed by atoms with Gasteiger partial charge >= 0.3 is 5.97 Å². The molecular weight excluding hydrogens is 292 g/mol. The fourth-order valence-electron chi connectivity index (χ4n) is 1.46. The summed E-state index contributed by atoms with van der Waals surface area (Å²) in [6, 6.07) is 3.70. The Kier molecular flexibility index (Phi) is 4.97. The van der Waals surface area contributed by atoms with E-state index in [1.807, 2.05) is 0 Å². The number of ether oxygens (including phenoxy) is 1. The number of aromatic carboxylic acids is 1. The van der Waals surface area contributed by atoms with Crippen LogP contribution in [0.5, 0.6) is 5.75 Å². The number of hydrogen-bond acceptors (Lipinski definition) is 4. The van der Waals surface area contributed by atoms with E-state index in [0.29, 0.717) is 5.57 Å². The molecule has 1 aromatic rings. The van der Waals surface area contributed by atoms with Gasteiger partial charge in [0.15, 0.2) is 9.84 Å². The average molecular weight is 305 g/mol. The van der Waals surface area contributed by atoms with Crippen LogP contribution in [-0.4, -0.2) is 32.4 Å². The summed E-state index contributed by atoms with van der Waals surface area (Å²) in [6.07, 6.45) is 0. The number of rotatable bonds is 5. The Morgan fingerprint density at radius 1 is 1.47 bits per heavy atom. The van der Waals surface area contributed by atoms with Crippen LogP contribution in [0.3, 0.4) is 0 Å². The van der Waals surface area contributed by atoms with Crippen LogP contribution in [0.1, 0.15) is 17.3 Å². The molecule has 1 N–H and O–H groups in total. The van der Waals surface area contributed by atoms with Crippen LogP contribution in [0.2, 0.25) is 0 Å². The first-order chi connectivity index (χ1) is 8.81. The zero-order valence-corrected chi connectivity index (χ0v) is 12.0. The number of benzene rings is 1. The molecule has 7 heteroatoms. The molecule has 0 spiro atoms. The maximum absolute atomic E-state index is 12.0. The van der Waals surface area contributed by atoms with Crippen molar-refractivity contribution < 1.29 is 23.1 Å². The monoisotopic (exact) mass is 304 g/mol. The van der Waals surface area contributed by atoms with Gasteiger partial charge in [-0.3, -0.25) is 0 Å². The fourth-order valence-corrected chi connectivity index (χ4v) is 3.05. The molecule has 0 heterocycles. The van der Waals surface area contributed by atoms with Crippen LogP contribution in [-0.2, 0) is 9.84 Å². The number of carbonyl (C=O) groups is 1. The second kappa shape index (κ2) is 6.08. The molecule has 0 fully saturated rings. The SMILES string of the molecule is COc1ccc(S(=O)(=O)C/C(C)=C/Cl)cc1C(=O)O. The lowest BCUT2D eigenvalue weighted by atomic mass is 10.2. The molecule has 1 rings (SSSR count). The first-order valence-corrected chi connectivity index (χ1v) is 7.30. The number of carboxylic acid groups (broad SMARTS) is 1. The van der Waals surface area contributed by atoms with Gasteiger partial charge in [0.05, 0.1) is 17.8 Å². The Balaban J connectivity index is 3.29. The van der Waals surface area contributed by atoms with Crippen molar-refractivity contribution in [3.05, 3.63) is 34.9 Å². The lowest BCUT2D eigenvalue weighted by Crippen LogP contribution is -2.10. The molecule has 1 aromatic carbocycles. The summed E-state index contributed by atoms with van der Waals surface area (Å²) in [6.45, 7) is 1.58. The van der Waals surface area contributed by atoms with Crippen LogP contribution in [0.15, 0.2) is 34.2 Å². The van der Waals surface area contributed by atoms with Crippen molar-refractivity contribution >= 4 is 27.4 Å². The molecule has 0 aliphatic rings. The quantitative estimate of drug-likeness (QED) is 0.903. The third-order valence-corrected chi connectivity index (χ3v) is 4.54. The predicted molar refractivity (Wildman–Crippen MR) is 71.6 cm³/mol. The summed E-state index contributed by atoms with van der Waals surface area (Å²) < 4.78 is 29.0. The average Bonchev–Trinajstić information content (AvgIpc) is 2.37. The standard InChI is InChI=1S/C12H13ClO5S/c1-8(6-13)7-19(16,17)9-3-4-11(18-2)10(5-9)12(14)15/h3-6H,7H2,1-2H3,(H,14,15)/b8-6+. The number of halogens is 1. The lowest BCUT2D eigenvalue weighted by molar-refractivity contribution is 0.0693. The first kappa shape index (κ1) is 15.5. The Morgan fingerprint density at radius 2 is 2.11 bits per heavy atom. The van der Waals surface area contributed by atoms with Crippen molar-refractivity contribution in [2.75, 3.05) is 12.9 Å². The normalized spacial score (nSPS) is 12.3. The summed E-state index contributed by atoms with van der Waals surface area (Å²) in [4.78, 5) is 11.0. The number of hydrogen-bond donors (Lipinski definition) is 1. The number of carboxylic acids is 1. The van der Waals surface area contributed by atoms with E-state index in [-0.39, 0.29) is 22.0 Å². The van der Waals surface area contributed by atoms with E-state index in [1.165, 1.54) is 24.8 Å². The molecule has 19 heavy (non-hydrogen) atoms. The topological polar surface area (TPSA) is 80.7 Å². The first-order valence-electron chi connectivity index (χ1n) is 5.21. The molecule has 0 aliphatic carbocycles. The van der Waals surface area contributed by atoms with Crippen molar-refractivity contribution in [1.29, 1.82) is 0 Å². The van der Waals surface area contributed by atoms with Crippen molar-refractivity contribution in [2.45, 2.75) is 11.8 Å². The third-order valence-electron chi connectivity index (χ3n) is 2.36. The van der Waals surface area contributed by atoms with Crippen LogP contribution in [0, 0.1) is 0 Å². The summed E-state index contributed by atoms with van der Waals surface area (Å²) in [7, 11) is -2.31. The van der Waals surface area contributed by atoms with E-state index in [9.17, 15) is 13.2 Å². The van der Waals surface area contributed by atoms with Crippen LogP contribution in [0.4, 0.5) is 0 Å². The molecule has 0 aliphatic heterocycles. The summed E-state index contributed by atoms with van der Waals surface area (Å²) in [5.41, 5.74) is 1.45. The minimum atomic E-state index is -3.62. The molecule has 0 saturated heterocycles. The van der Waals surface area contributed by atoms with E-state index < -0.39 is 15.8 Å². The van der Waals surface area contributed by atoms with Crippen molar-refractivity contribution in [3.63, 3.8) is 0 Å². The number of sulfone groups is 1. The summed E-state index contributed by atoms with van der Waals surface area (Å²) >= 11 is 5.43. The van der Waals surface area contributed by atoms with Gasteiger partial charge in [-0.2, -0.15) is 0 Å². The van der Waals surface area contributed by atoms with E-state index in [1.54, 1.807) is 6.92 Å². The van der Waals surface area contributed by atoms with Gasteiger partial charge in [-0.1, -0.05) is 11.6 Å². The molecular formula is C12H13ClO5S. The highest BCUT2D eigenvalue weighted by Gasteiger charge is 2.19. The molecule has 0 saturated carbocycles. The van der Waals surface area contributed by atoms with E-state index >= 15 is 0 Å². The molecule has 0 atom stereocenters. The van der Waals surface area contributed by atoms with Crippen molar-refractivity contribution in [3.8, 4) is 5.75 Å². The number of methoxy groups -OCH3 is 1. The minimum absolute atomic E-state index is 0.0800. The molecule has 0 bridgehead atoms. The second-order valence-electron chi connectivity index (χ2n) is 3.88. The molecule has 0 aromatic heterocycles. The zero-order chi connectivity index (χ0) is 14.6. The van der Waals surface area contributed by atoms with Gasteiger partial charge in [-0.05, 0) is 30.7 Å². The molecule has 0 radical (unpaired) electrons. The Morgan fingerprint density at radius 3 is 2.58 bits per heavy atom. The van der Waals surface area contributed by atoms with Crippen molar-refractivity contribution in [2.24, 2.45) is 0 Å².